The number of hydrogen-bond donors (Lipinski definition) is 0. The van der Waals surface area contributed by atoms with Crippen LogP contribution in [0.15, 0.2) is 39.4 Å². The molecule has 0 saturated carbocycles. The number of rotatable bonds is 3. The Kier molecular flexibility index (Phi) is 4.76. The van der Waals surface area contributed by atoms with Crippen molar-refractivity contribution in [3.05, 3.63) is 40.1 Å². The van der Waals surface area contributed by atoms with Gasteiger partial charge < -0.3 is 4.18 Å². The van der Waals surface area contributed by atoms with Gasteiger partial charge in [0, 0.05) is 0 Å². The summed E-state index contributed by atoms with van der Waals surface area (Å²) in [6.07, 6.45) is -5.11. The Morgan fingerprint density at radius 2 is 1.63 bits per heavy atom. The molecule has 0 fully saturated rings. The van der Waals surface area contributed by atoms with Gasteiger partial charge in [0.05, 0.1) is 0 Å². The van der Waals surface area contributed by atoms with Gasteiger partial charge in [-0.05, 0) is 19.1 Å². The summed E-state index contributed by atoms with van der Waals surface area (Å²) in [5.41, 5.74) is 0.737. The minimum atomic E-state index is -5.11. The van der Waals surface area contributed by atoms with Crippen molar-refractivity contribution < 1.29 is 25.8 Å². The second kappa shape index (κ2) is 5.60. The van der Waals surface area contributed by atoms with Crippen molar-refractivity contribution in [2.75, 3.05) is 0 Å². The monoisotopic (exact) mass is 334 g/mol. The fourth-order valence-electron chi connectivity index (χ4n) is 1.05. The predicted octanol–water partition coefficient (Wildman–Crippen LogP) is 3.91. The Balaban J connectivity index is 3.16. The second-order valence-electron chi connectivity index (χ2n) is 3.44. The van der Waals surface area contributed by atoms with Gasteiger partial charge >= 0.3 is 16.3 Å². The van der Waals surface area contributed by atoms with Crippen LogP contribution in [0, 0.1) is 6.92 Å². The Bertz CT molecular complexity index is 587. The molecule has 0 amide bonds. The van der Waals surface area contributed by atoms with Crippen LogP contribution >= 0.6 is 23.2 Å². The lowest BCUT2D eigenvalue weighted by Gasteiger charge is -2.13. The first-order valence-corrected chi connectivity index (χ1v) is 6.84. The Morgan fingerprint density at radius 3 is 2.00 bits per heavy atom. The van der Waals surface area contributed by atoms with Crippen LogP contribution < -0.4 is 0 Å². The van der Waals surface area contributed by atoms with E-state index in [1.807, 2.05) is 0 Å². The summed E-state index contributed by atoms with van der Waals surface area (Å²) >= 11 is 9.97. The first-order chi connectivity index (χ1) is 8.54. The van der Waals surface area contributed by atoms with E-state index in [2.05, 4.69) is 4.18 Å². The highest BCUT2D eigenvalue weighted by atomic mass is 35.5. The summed E-state index contributed by atoms with van der Waals surface area (Å²) in [5, 5.41) is 0. The van der Waals surface area contributed by atoms with Gasteiger partial charge in [-0.1, -0.05) is 40.9 Å². The molecule has 0 aliphatic carbocycles. The minimum Gasteiger partial charge on any atom is -0.371 e. The highest BCUT2D eigenvalue weighted by Gasteiger charge is 2.41. The van der Waals surface area contributed by atoms with Crippen molar-refractivity contribution in [1.82, 2.24) is 0 Å². The van der Waals surface area contributed by atoms with Gasteiger partial charge in [0.2, 0.25) is 0 Å². The molecular weight excluding hydrogens is 328 g/mol. The van der Waals surface area contributed by atoms with E-state index in [1.165, 1.54) is 12.1 Å². The van der Waals surface area contributed by atoms with E-state index in [-0.39, 0.29) is 0 Å². The number of benzene rings is 1. The third kappa shape index (κ3) is 4.29. The van der Waals surface area contributed by atoms with Crippen LogP contribution in [0.4, 0.5) is 13.2 Å². The van der Waals surface area contributed by atoms with Crippen LogP contribution in [-0.4, -0.2) is 14.6 Å². The van der Waals surface area contributed by atoms with Crippen molar-refractivity contribution in [3.63, 3.8) is 0 Å². The zero-order valence-electron chi connectivity index (χ0n) is 9.33. The fourth-order valence-corrected chi connectivity index (χ4v) is 2.39. The van der Waals surface area contributed by atoms with Gasteiger partial charge in [0.15, 0.2) is 4.49 Å². The van der Waals surface area contributed by atoms with Crippen LogP contribution in [0.2, 0.25) is 0 Å². The summed E-state index contributed by atoms with van der Waals surface area (Å²) in [7, 11) is -4.65. The molecule has 1 aromatic carbocycles. The molecule has 9 heteroatoms. The molecular formula is C10H7Cl2F3O3S. The van der Waals surface area contributed by atoms with Gasteiger partial charge in [-0.25, -0.2) is 0 Å². The zero-order chi connectivity index (χ0) is 14.8. The SMILES string of the molecule is Cc1ccc(S(=O)(=O)OC(=C(Cl)Cl)C(F)(F)F)cc1. The smallest absolute Gasteiger partial charge is 0.371 e. The maximum atomic E-state index is 12.5. The Morgan fingerprint density at radius 1 is 1.16 bits per heavy atom. The number of alkyl halides is 3. The van der Waals surface area contributed by atoms with Gasteiger partial charge in [-0.15, -0.1) is 0 Å². The summed E-state index contributed by atoms with van der Waals surface area (Å²) in [4.78, 5) is -0.436. The van der Waals surface area contributed by atoms with Gasteiger partial charge in [-0.2, -0.15) is 21.6 Å². The molecule has 0 bridgehead atoms. The third-order valence-corrected chi connectivity index (χ3v) is 3.51. The maximum absolute atomic E-state index is 12.5. The molecule has 0 atom stereocenters. The van der Waals surface area contributed by atoms with E-state index in [9.17, 15) is 21.6 Å². The zero-order valence-corrected chi connectivity index (χ0v) is 11.7. The lowest BCUT2D eigenvalue weighted by Crippen LogP contribution is -2.19. The third-order valence-electron chi connectivity index (χ3n) is 1.93. The molecule has 3 nitrogen and oxygen atoms in total. The number of hydrogen-bond acceptors (Lipinski definition) is 3. The average molecular weight is 335 g/mol. The van der Waals surface area contributed by atoms with Crippen LogP contribution in [-0.2, 0) is 14.3 Å². The molecule has 0 heterocycles. The quantitative estimate of drug-likeness (QED) is 0.621. The van der Waals surface area contributed by atoms with E-state index in [4.69, 9.17) is 23.2 Å². The van der Waals surface area contributed by atoms with Crippen molar-refractivity contribution in [1.29, 1.82) is 0 Å². The van der Waals surface area contributed by atoms with Crippen LogP contribution in [0.3, 0.4) is 0 Å². The molecule has 19 heavy (non-hydrogen) atoms. The molecule has 0 N–H and O–H groups in total. The summed E-state index contributed by atoms with van der Waals surface area (Å²) < 4.78 is 63.3. The standard InChI is InChI=1S/C10H7Cl2F3O3S/c1-6-2-4-7(5-3-6)19(16,17)18-8(9(11)12)10(13,14)15/h2-5H,1H3. The molecule has 0 spiro atoms. The molecule has 0 aromatic heterocycles. The normalized spacial score (nSPS) is 12.1. The summed E-state index contributed by atoms with van der Waals surface area (Å²) in [6.45, 7) is 1.69. The predicted molar refractivity (Wildman–Crippen MR) is 64.2 cm³/mol. The molecule has 0 radical (unpaired) electrons. The fraction of sp³-hybridized carbons (Fsp3) is 0.200. The Hall–Kier alpha value is -0.920. The number of allylic oxidation sites excluding steroid dienone is 1. The van der Waals surface area contributed by atoms with E-state index >= 15 is 0 Å². The average Bonchev–Trinajstić information content (AvgIpc) is 2.24. The van der Waals surface area contributed by atoms with E-state index < -0.39 is 31.4 Å². The topological polar surface area (TPSA) is 43.4 Å². The van der Waals surface area contributed by atoms with Crippen LogP contribution in [0.1, 0.15) is 5.56 Å². The summed E-state index contributed by atoms with van der Waals surface area (Å²) in [5.74, 6) is -1.98. The molecule has 1 rings (SSSR count). The van der Waals surface area contributed by atoms with Crippen molar-refractivity contribution in [3.8, 4) is 0 Å². The second-order valence-corrected chi connectivity index (χ2v) is 5.93. The lowest BCUT2D eigenvalue weighted by atomic mass is 10.2. The maximum Gasteiger partial charge on any atom is 0.453 e. The highest BCUT2D eigenvalue weighted by molar-refractivity contribution is 7.86. The Labute approximate surface area is 117 Å². The first kappa shape index (κ1) is 16.1. The van der Waals surface area contributed by atoms with Crippen molar-refractivity contribution >= 4 is 33.3 Å². The van der Waals surface area contributed by atoms with Crippen molar-refractivity contribution in [2.45, 2.75) is 18.0 Å². The van der Waals surface area contributed by atoms with Gasteiger partial charge in [0.1, 0.15) is 4.90 Å². The minimum absolute atomic E-state index is 0.436. The molecule has 106 valence electrons. The lowest BCUT2D eigenvalue weighted by molar-refractivity contribution is -0.115. The van der Waals surface area contributed by atoms with E-state index in [0.29, 0.717) is 0 Å². The van der Waals surface area contributed by atoms with Crippen LogP contribution in [0.25, 0.3) is 0 Å². The number of aryl methyl sites for hydroxylation is 1. The molecule has 0 aliphatic heterocycles. The van der Waals surface area contributed by atoms with Crippen molar-refractivity contribution in [2.24, 2.45) is 0 Å². The van der Waals surface area contributed by atoms with Gasteiger partial charge in [-0.3, -0.25) is 0 Å². The first-order valence-electron chi connectivity index (χ1n) is 4.67. The molecule has 0 unspecified atom stereocenters. The van der Waals surface area contributed by atoms with Gasteiger partial charge in [0.25, 0.3) is 5.76 Å². The largest absolute Gasteiger partial charge is 0.453 e. The van der Waals surface area contributed by atoms with Crippen LogP contribution in [0.5, 0.6) is 0 Å². The number of halogens is 5. The highest BCUT2D eigenvalue weighted by Crippen LogP contribution is 2.34. The molecule has 0 aliphatic rings. The van der Waals surface area contributed by atoms with E-state index in [0.717, 1.165) is 17.7 Å². The molecule has 0 saturated heterocycles. The van der Waals surface area contributed by atoms with E-state index in [1.54, 1.807) is 6.92 Å². The summed E-state index contributed by atoms with van der Waals surface area (Å²) in [6, 6.07) is 5.05. The molecule has 1 aromatic rings.